The van der Waals surface area contributed by atoms with Crippen LogP contribution in [0.4, 0.5) is 0 Å². The van der Waals surface area contributed by atoms with Crippen molar-refractivity contribution in [1.29, 1.82) is 0 Å². The minimum absolute atomic E-state index is 0.183. The second-order valence-electron chi connectivity index (χ2n) is 8.73. The summed E-state index contributed by atoms with van der Waals surface area (Å²) < 4.78 is 10.1. The number of hydrogen-bond acceptors (Lipinski definition) is 3. The number of benzene rings is 3. The Hall–Kier alpha value is -3.77. The quantitative estimate of drug-likeness (QED) is 0.306. The van der Waals surface area contributed by atoms with Gasteiger partial charge in [0, 0.05) is 29.6 Å². The number of aromatic hydroxyl groups is 1. The summed E-state index contributed by atoms with van der Waals surface area (Å²) in [4.78, 5) is 3.66. The maximum Gasteiger partial charge on any atom is 0.213 e. The molecule has 0 fully saturated rings. The number of nitrogens with one attached hydrogen (secondary N) is 1. The van der Waals surface area contributed by atoms with Crippen molar-refractivity contribution in [3.8, 4) is 11.6 Å². The number of ether oxygens (including phenoxy) is 1. The van der Waals surface area contributed by atoms with Gasteiger partial charge in [-0.15, -0.1) is 0 Å². The molecule has 0 radical (unpaired) electrons. The third-order valence-electron chi connectivity index (χ3n) is 6.84. The fraction of sp³-hybridized carbons (Fsp3) is 0.179. The third-order valence-corrected chi connectivity index (χ3v) is 7.26. The van der Waals surface area contributed by atoms with Gasteiger partial charge in [0.15, 0.2) is 4.77 Å². The van der Waals surface area contributed by atoms with Crippen molar-refractivity contribution >= 4 is 23.1 Å². The highest BCUT2D eigenvalue weighted by Crippen LogP contribution is 2.43. The van der Waals surface area contributed by atoms with Crippen molar-refractivity contribution in [1.82, 2.24) is 14.1 Å². The standard InChI is InChI=1S/C28H25N3O2S/c1-33-20-11-7-10-19(16-20)26-25-22(21-12-5-6-13-23(21)29-25)17-24-27(32)30(28(34)31(24)26)15-14-18-8-3-2-4-9-18/h2-13,16,26,29,32H,14-15,17H2,1H3. The van der Waals surface area contributed by atoms with Gasteiger partial charge in [-0.05, 0) is 53.5 Å². The minimum Gasteiger partial charge on any atom is -0.497 e. The summed E-state index contributed by atoms with van der Waals surface area (Å²) in [5.41, 5.74) is 6.53. The van der Waals surface area contributed by atoms with E-state index in [-0.39, 0.29) is 11.9 Å². The van der Waals surface area contributed by atoms with Crippen LogP contribution in [0.25, 0.3) is 10.9 Å². The van der Waals surface area contributed by atoms with Gasteiger partial charge in [-0.3, -0.25) is 4.57 Å². The number of rotatable bonds is 5. The molecule has 0 saturated carbocycles. The lowest BCUT2D eigenvalue weighted by molar-refractivity contribution is 0.410. The predicted molar refractivity (Wildman–Crippen MR) is 136 cm³/mol. The number of methoxy groups -OCH3 is 1. The largest absolute Gasteiger partial charge is 0.497 e. The van der Waals surface area contributed by atoms with E-state index in [9.17, 15) is 5.11 Å². The number of fused-ring (bicyclic) bond motifs is 4. The molecule has 34 heavy (non-hydrogen) atoms. The molecule has 1 aliphatic rings. The lowest BCUT2D eigenvalue weighted by Gasteiger charge is -2.27. The Morgan fingerprint density at radius 2 is 1.82 bits per heavy atom. The Morgan fingerprint density at radius 1 is 1.03 bits per heavy atom. The molecule has 1 atom stereocenters. The minimum atomic E-state index is -0.183. The van der Waals surface area contributed by atoms with E-state index >= 15 is 0 Å². The summed E-state index contributed by atoms with van der Waals surface area (Å²) in [5.74, 6) is 1.05. The van der Waals surface area contributed by atoms with Gasteiger partial charge in [-0.2, -0.15) is 0 Å². The monoisotopic (exact) mass is 467 g/mol. The van der Waals surface area contributed by atoms with Crippen LogP contribution in [-0.2, 0) is 19.4 Å². The van der Waals surface area contributed by atoms with Gasteiger partial charge in [-0.1, -0.05) is 60.7 Å². The zero-order valence-corrected chi connectivity index (χ0v) is 19.7. The average Bonchev–Trinajstić information content (AvgIpc) is 3.37. The lowest BCUT2D eigenvalue weighted by Crippen LogP contribution is -2.22. The molecule has 2 N–H and O–H groups in total. The maximum atomic E-state index is 11.4. The van der Waals surface area contributed by atoms with E-state index in [2.05, 4.69) is 52.0 Å². The molecule has 170 valence electrons. The Balaban J connectivity index is 1.53. The summed E-state index contributed by atoms with van der Waals surface area (Å²) in [6.45, 7) is 0.619. The number of H-pyrrole nitrogens is 1. The maximum absolute atomic E-state index is 11.4. The molecule has 0 amide bonds. The van der Waals surface area contributed by atoms with Crippen LogP contribution in [0.5, 0.6) is 11.6 Å². The van der Waals surface area contributed by atoms with Gasteiger partial charge < -0.3 is 19.4 Å². The molecule has 3 aromatic carbocycles. The number of aromatic amines is 1. The van der Waals surface area contributed by atoms with Crippen LogP contribution in [0.2, 0.25) is 0 Å². The molecule has 6 heteroatoms. The number of para-hydroxylation sites is 1. The van der Waals surface area contributed by atoms with Crippen molar-refractivity contribution in [3.05, 3.63) is 112 Å². The van der Waals surface area contributed by atoms with Crippen LogP contribution in [0, 0.1) is 4.77 Å². The van der Waals surface area contributed by atoms with Crippen molar-refractivity contribution in [2.24, 2.45) is 0 Å². The molecule has 0 aliphatic carbocycles. The SMILES string of the molecule is COc1cccc(C2c3[nH]c4ccccc4c3Cc3c(O)n(CCc4ccccc4)c(=S)n32)c1. The zero-order chi connectivity index (χ0) is 23.2. The van der Waals surface area contributed by atoms with E-state index in [1.54, 1.807) is 7.11 Å². The van der Waals surface area contributed by atoms with Gasteiger partial charge >= 0.3 is 0 Å². The smallest absolute Gasteiger partial charge is 0.213 e. The lowest BCUT2D eigenvalue weighted by atomic mass is 9.93. The van der Waals surface area contributed by atoms with Crippen LogP contribution >= 0.6 is 12.2 Å². The van der Waals surface area contributed by atoms with E-state index in [4.69, 9.17) is 17.0 Å². The van der Waals surface area contributed by atoms with E-state index in [0.29, 0.717) is 17.7 Å². The fourth-order valence-corrected chi connectivity index (χ4v) is 5.58. The highest BCUT2D eigenvalue weighted by Gasteiger charge is 2.34. The topological polar surface area (TPSA) is 55.1 Å². The highest BCUT2D eigenvalue weighted by molar-refractivity contribution is 7.71. The Kier molecular flexibility index (Phi) is 5.03. The summed E-state index contributed by atoms with van der Waals surface area (Å²) in [7, 11) is 1.68. The molecule has 0 saturated heterocycles. The number of aromatic nitrogens is 3. The average molecular weight is 468 g/mol. The summed E-state index contributed by atoms with van der Waals surface area (Å²) in [6, 6.07) is 26.5. The molecular weight excluding hydrogens is 442 g/mol. The molecule has 0 bridgehead atoms. The zero-order valence-electron chi connectivity index (χ0n) is 18.9. The van der Waals surface area contributed by atoms with Crippen molar-refractivity contribution in [2.45, 2.75) is 25.4 Å². The van der Waals surface area contributed by atoms with Crippen LogP contribution in [0.3, 0.4) is 0 Å². The molecule has 3 heterocycles. The Bertz CT molecular complexity index is 1560. The van der Waals surface area contributed by atoms with Crippen molar-refractivity contribution in [3.63, 3.8) is 0 Å². The van der Waals surface area contributed by atoms with Crippen LogP contribution < -0.4 is 4.74 Å². The molecule has 1 unspecified atom stereocenters. The normalized spacial score (nSPS) is 14.7. The van der Waals surface area contributed by atoms with Gasteiger partial charge in [0.2, 0.25) is 5.88 Å². The van der Waals surface area contributed by atoms with E-state index in [0.717, 1.165) is 34.6 Å². The van der Waals surface area contributed by atoms with Gasteiger partial charge in [0.05, 0.1) is 12.8 Å². The van der Waals surface area contributed by atoms with Gasteiger partial charge in [0.1, 0.15) is 11.8 Å². The summed E-state index contributed by atoms with van der Waals surface area (Å²) in [5, 5.41) is 12.6. The first-order chi connectivity index (χ1) is 16.7. The van der Waals surface area contributed by atoms with Crippen LogP contribution in [0.15, 0.2) is 78.9 Å². The number of aryl methyl sites for hydroxylation is 1. The molecule has 2 aromatic heterocycles. The van der Waals surface area contributed by atoms with Crippen molar-refractivity contribution in [2.75, 3.05) is 7.11 Å². The first-order valence-electron chi connectivity index (χ1n) is 11.5. The highest BCUT2D eigenvalue weighted by atomic mass is 32.1. The van der Waals surface area contributed by atoms with E-state index < -0.39 is 0 Å². The number of hydrogen-bond donors (Lipinski definition) is 2. The van der Waals surface area contributed by atoms with E-state index in [1.165, 1.54) is 16.5 Å². The fourth-order valence-electron chi connectivity index (χ4n) is 5.19. The van der Waals surface area contributed by atoms with Crippen LogP contribution in [-0.4, -0.2) is 26.3 Å². The molecule has 1 aliphatic heterocycles. The molecular formula is C28H25N3O2S. The van der Waals surface area contributed by atoms with Crippen LogP contribution in [0.1, 0.15) is 34.1 Å². The predicted octanol–water partition coefficient (Wildman–Crippen LogP) is 6.00. The van der Waals surface area contributed by atoms with Crippen molar-refractivity contribution < 1.29 is 9.84 Å². The first kappa shape index (κ1) is 20.8. The molecule has 5 aromatic rings. The summed E-state index contributed by atoms with van der Waals surface area (Å²) >= 11 is 5.98. The second-order valence-corrected chi connectivity index (χ2v) is 9.09. The third kappa shape index (κ3) is 3.25. The Morgan fingerprint density at radius 3 is 2.65 bits per heavy atom. The first-order valence-corrected chi connectivity index (χ1v) is 11.9. The number of nitrogens with zero attached hydrogens (tertiary/aromatic N) is 2. The molecule has 6 rings (SSSR count). The number of imidazole rings is 1. The Labute approximate surface area is 202 Å². The van der Waals surface area contributed by atoms with Gasteiger partial charge in [-0.25, -0.2) is 0 Å². The molecule has 0 spiro atoms. The molecule has 5 nitrogen and oxygen atoms in total. The second kappa shape index (κ2) is 8.22. The summed E-state index contributed by atoms with van der Waals surface area (Å²) in [6.07, 6.45) is 1.41. The van der Waals surface area contributed by atoms with Gasteiger partial charge in [0.25, 0.3) is 0 Å². The van der Waals surface area contributed by atoms with E-state index in [1.807, 2.05) is 41.0 Å².